The lowest BCUT2D eigenvalue weighted by atomic mass is 10.1. The van der Waals surface area contributed by atoms with Crippen LogP contribution in [0.5, 0.6) is 0 Å². The summed E-state index contributed by atoms with van der Waals surface area (Å²) in [7, 11) is 0. The number of nitrogens with one attached hydrogen (secondary N) is 1. The quantitative estimate of drug-likeness (QED) is 0.604. The average Bonchev–Trinajstić information content (AvgIpc) is 2.96. The summed E-state index contributed by atoms with van der Waals surface area (Å²) in [6.45, 7) is 0.943. The molecule has 0 bridgehead atoms. The zero-order valence-electron chi connectivity index (χ0n) is 15.0. The predicted molar refractivity (Wildman–Crippen MR) is 95.6 cm³/mol. The molecule has 0 radical (unpaired) electrons. The molecule has 2 aromatic carbocycles. The topological polar surface area (TPSA) is 92.8 Å². The Labute approximate surface area is 160 Å². The molecule has 1 aliphatic rings. The Bertz CT molecular complexity index is 907. The zero-order chi connectivity index (χ0) is 20.3. The molecule has 1 N–H and O–H groups in total. The first-order chi connectivity index (χ1) is 13.4. The number of amides is 3. The highest BCUT2D eigenvalue weighted by atomic mass is 19.1. The molecule has 1 heterocycles. The number of halogens is 1. The minimum atomic E-state index is -1.17. The summed E-state index contributed by atoms with van der Waals surface area (Å²) in [6, 6.07) is 10.7. The number of nitrogens with zero attached hydrogens (tertiary/aromatic N) is 1. The van der Waals surface area contributed by atoms with Gasteiger partial charge in [-0.15, -0.1) is 0 Å². The van der Waals surface area contributed by atoms with E-state index in [0.29, 0.717) is 5.56 Å². The minimum Gasteiger partial charge on any atom is -0.454 e. The molecule has 0 aromatic heterocycles. The summed E-state index contributed by atoms with van der Waals surface area (Å²) in [5, 5.41) is 2.53. The lowest BCUT2D eigenvalue weighted by Gasteiger charge is -2.20. The van der Waals surface area contributed by atoms with E-state index in [9.17, 15) is 23.6 Å². The van der Waals surface area contributed by atoms with E-state index in [0.717, 1.165) is 4.90 Å². The molecule has 3 rings (SSSR count). The van der Waals surface area contributed by atoms with Crippen LogP contribution in [0.3, 0.4) is 0 Å². The van der Waals surface area contributed by atoms with E-state index >= 15 is 0 Å². The number of hydrogen-bond acceptors (Lipinski definition) is 5. The number of benzene rings is 2. The Hall–Kier alpha value is -3.55. The Balaban J connectivity index is 1.52. The molecule has 0 spiro atoms. The third-order valence-electron chi connectivity index (χ3n) is 4.30. The maximum absolute atomic E-state index is 12.8. The van der Waals surface area contributed by atoms with Crippen molar-refractivity contribution in [2.75, 3.05) is 6.61 Å². The Morgan fingerprint density at radius 2 is 1.61 bits per heavy atom. The van der Waals surface area contributed by atoms with E-state index in [1.54, 1.807) is 12.1 Å². The predicted octanol–water partition coefficient (Wildman–Crippen LogP) is 1.67. The number of hydrogen-bond donors (Lipinski definition) is 1. The van der Waals surface area contributed by atoms with E-state index in [1.807, 2.05) is 0 Å². The van der Waals surface area contributed by atoms with Gasteiger partial charge in [-0.2, -0.15) is 0 Å². The average molecular weight is 384 g/mol. The molecule has 28 heavy (non-hydrogen) atoms. The lowest BCUT2D eigenvalue weighted by molar-refractivity contribution is -0.151. The Morgan fingerprint density at radius 3 is 2.18 bits per heavy atom. The van der Waals surface area contributed by atoms with Gasteiger partial charge in [0.25, 0.3) is 17.7 Å². The van der Waals surface area contributed by atoms with Gasteiger partial charge in [-0.25, -0.2) is 9.18 Å². The van der Waals surface area contributed by atoms with Gasteiger partial charge < -0.3 is 10.1 Å². The monoisotopic (exact) mass is 384 g/mol. The molecular weight excluding hydrogens is 367 g/mol. The van der Waals surface area contributed by atoms with Crippen LogP contribution in [-0.4, -0.2) is 41.2 Å². The van der Waals surface area contributed by atoms with Gasteiger partial charge in [0.2, 0.25) is 0 Å². The number of esters is 1. The summed E-state index contributed by atoms with van der Waals surface area (Å²) in [6.07, 6.45) is 0. The van der Waals surface area contributed by atoms with Crippen molar-refractivity contribution in [2.45, 2.75) is 19.5 Å². The van der Waals surface area contributed by atoms with Crippen molar-refractivity contribution in [3.05, 3.63) is 71.0 Å². The molecule has 7 nitrogen and oxygen atoms in total. The van der Waals surface area contributed by atoms with Gasteiger partial charge in [-0.1, -0.05) is 24.3 Å². The normalized spacial score (nSPS) is 13.9. The standard InChI is InChI=1S/C20H17FN2O5/c1-12(23-18(25)15-4-2-3-5-16(15)19(23)26)20(27)28-11-17(24)22-10-13-6-8-14(21)9-7-13/h2-9,12H,10-11H2,1H3,(H,22,24). The summed E-state index contributed by atoms with van der Waals surface area (Å²) in [5.41, 5.74) is 1.13. The number of ether oxygens (including phenoxy) is 1. The highest BCUT2D eigenvalue weighted by molar-refractivity contribution is 6.22. The largest absolute Gasteiger partial charge is 0.454 e. The van der Waals surface area contributed by atoms with Gasteiger partial charge in [0.05, 0.1) is 11.1 Å². The number of rotatable bonds is 6. The fourth-order valence-corrected chi connectivity index (χ4v) is 2.78. The molecule has 0 fully saturated rings. The number of imide groups is 1. The van der Waals surface area contributed by atoms with E-state index in [-0.39, 0.29) is 23.5 Å². The summed E-state index contributed by atoms with van der Waals surface area (Å²) >= 11 is 0. The SMILES string of the molecule is CC(C(=O)OCC(=O)NCc1ccc(F)cc1)N1C(=O)c2ccccc2C1=O. The number of carbonyl (C=O) groups excluding carboxylic acids is 4. The lowest BCUT2D eigenvalue weighted by Crippen LogP contribution is -2.44. The van der Waals surface area contributed by atoms with Crippen LogP contribution in [0.2, 0.25) is 0 Å². The van der Waals surface area contributed by atoms with Gasteiger partial charge >= 0.3 is 5.97 Å². The second-order valence-corrected chi connectivity index (χ2v) is 6.21. The van der Waals surface area contributed by atoms with Crippen LogP contribution in [-0.2, 0) is 20.9 Å². The van der Waals surface area contributed by atoms with E-state index in [1.165, 1.54) is 43.3 Å². The fourth-order valence-electron chi connectivity index (χ4n) is 2.78. The maximum atomic E-state index is 12.8. The zero-order valence-corrected chi connectivity index (χ0v) is 15.0. The molecule has 3 amide bonds. The van der Waals surface area contributed by atoms with Crippen molar-refractivity contribution in [3.63, 3.8) is 0 Å². The molecule has 144 valence electrons. The number of carbonyl (C=O) groups is 4. The first-order valence-corrected chi connectivity index (χ1v) is 8.53. The van der Waals surface area contributed by atoms with Gasteiger partial charge in [0, 0.05) is 6.54 Å². The van der Waals surface area contributed by atoms with Gasteiger partial charge in [-0.05, 0) is 36.8 Å². The van der Waals surface area contributed by atoms with Crippen LogP contribution < -0.4 is 5.32 Å². The van der Waals surface area contributed by atoms with Crippen molar-refractivity contribution < 1.29 is 28.3 Å². The van der Waals surface area contributed by atoms with Crippen LogP contribution in [0.1, 0.15) is 33.2 Å². The molecular formula is C20H17FN2O5. The fraction of sp³-hybridized carbons (Fsp3) is 0.200. The maximum Gasteiger partial charge on any atom is 0.329 e. The van der Waals surface area contributed by atoms with Crippen LogP contribution in [0.15, 0.2) is 48.5 Å². The van der Waals surface area contributed by atoms with Crippen LogP contribution >= 0.6 is 0 Å². The second kappa shape index (κ2) is 7.99. The van der Waals surface area contributed by atoms with E-state index in [2.05, 4.69) is 5.32 Å². The highest BCUT2D eigenvalue weighted by Gasteiger charge is 2.41. The van der Waals surface area contributed by atoms with Crippen LogP contribution in [0.25, 0.3) is 0 Å². The van der Waals surface area contributed by atoms with Gasteiger partial charge in [0.15, 0.2) is 6.61 Å². The molecule has 1 unspecified atom stereocenters. The van der Waals surface area contributed by atoms with Crippen molar-refractivity contribution >= 4 is 23.7 Å². The summed E-state index contributed by atoms with van der Waals surface area (Å²) in [4.78, 5) is 49.6. The van der Waals surface area contributed by atoms with Crippen molar-refractivity contribution in [1.82, 2.24) is 10.2 Å². The summed E-state index contributed by atoms with van der Waals surface area (Å²) < 4.78 is 17.8. The van der Waals surface area contributed by atoms with Crippen LogP contribution in [0, 0.1) is 5.82 Å². The summed E-state index contributed by atoms with van der Waals surface area (Å²) in [5.74, 6) is -2.97. The minimum absolute atomic E-state index is 0.143. The first-order valence-electron chi connectivity index (χ1n) is 8.53. The van der Waals surface area contributed by atoms with E-state index in [4.69, 9.17) is 4.74 Å². The second-order valence-electron chi connectivity index (χ2n) is 6.21. The molecule has 1 atom stereocenters. The smallest absolute Gasteiger partial charge is 0.329 e. The third kappa shape index (κ3) is 3.90. The van der Waals surface area contributed by atoms with Crippen molar-refractivity contribution in [3.8, 4) is 0 Å². The third-order valence-corrected chi connectivity index (χ3v) is 4.30. The molecule has 0 saturated carbocycles. The molecule has 1 aliphatic heterocycles. The van der Waals surface area contributed by atoms with Crippen molar-refractivity contribution in [1.29, 1.82) is 0 Å². The Morgan fingerprint density at radius 1 is 1.04 bits per heavy atom. The number of fused-ring (bicyclic) bond motifs is 1. The van der Waals surface area contributed by atoms with Crippen LogP contribution in [0.4, 0.5) is 4.39 Å². The highest BCUT2D eigenvalue weighted by Crippen LogP contribution is 2.24. The first kappa shape index (κ1) is 19.2. The molecule has 2 aromatic rings. The van der Waals surface area contributed by atoms with Gasteiger partial charge in [0.1, 0.15) is 11.9 Å². The molecule has 0 saturated heterocycles. The Kier molecular flexibility index (Phi) is 5.49. The van der Waals surface area contributed by atoms with E-state index < -0.39 is 36.3 Å². The van der Waals surface area contributed by atoms with Crippen molar-refractivity contribution in [2.24, 2.45) is 0 Å². The van der Waals surface area contributed by atoms with Gasteiger partial charge in [-0.3, -0.25) is 19.3 Å². The molecule has 8 heteroatoms. The molecule has 0 aliphatic carbocycles.